The van der Waals surface area contributed by atoms with Crippen LogP contribution in [0.2, 0.25) is 0 Å². The molecule has 3 atom stereocenters. The van der Waals surface area contributed by atoms with E-state index in [1.165, 1.54) is 0 Å². The molecule has 1 amide bonds. The maximum absolute atomic E-state index is 13.9. The van der Waals surface area contributed by atoms with Gasteiger partial charge in [-0.2, -0.15) is 0 Å². The lowest BCUT2D eigenvalue weighted by molar-refractivity contribution is -0.114. The van der Waals surface area contributed by atoms with Crippen LogP contribution in [0.25, 0.3) is 33.6 Å². The molecule has 1 aliphatic carbocycles. The molecule has 5 aromatic rings. The predicted octanol–water partition coefficient (Wildman–Crippen LogP) is 5.16. The van der Waals surface area contributed by atoms with Gasteiger partial charge in [-0.3, -0.25) is 4.79 Å². The Bertz CT molecular complexity index is 1990. The van der Waals surface area contributed by atoms with Crippen molar-refractivity contribution >= 4 is 39.8 Å². The minimum Gasteiger partial charge on any atom is -0.494 e. The van der Waals surface area contributed by atoms with E-state index in [0.29, 0.717) is 63.7 Å². The van der Waals surface area contributed by atoms with Gasteiger partial charge in [-0.25, -0.2) is 14.4 Å². The molecule has 7 rings (SSSR count). The van der Waals surface area contributed by atoms with Crippen LogP contribution in [0.3, 0.4) is 0 Å². The predicted molar refractivity (Wildman–Crippen MR) is 174 cm³/mol. The lowest BCUT2D eigenvalue weighted by Gasteiger charge is -2.27. The van der Waals surface area contributed by atoms with Crippen molar-refractivity contribution in [2.75, 3.05) is 49.8 Å². The second-order valence-corrected chi connectivity index (χ2v) is 12.0. The first-order chi connectivity index (χ1) is 22.1. The van der Waals surface area contributed by atoms with Gasteiger partial charge in [-0.15, -0.1) is 10.2 Å². The Labute approximate surface area is 264 Å². The monoisotopic (exact) mass is 623 g/mol. The SMILES string of the molecule is C=C(F)C(=O)Nc1cc(Nc2ncc(-c3nnc(C)o3)c(-c3cn(C)c4ccccc34)n2)c(OC)cc1N(C)C1[C@H]2CN(C)C[C@@H]12. The number of aromatic nitrogens is 5. The number of likely N-dealkylation sites (tertiary alicyclic amines) is 1. The maximum atomic E-state index is 13.9. The summed E-state index contributed by atoms with van der Waals surface area (Å²) in [5.74, 6) is 0.519. The summed E-state index contributed by atoms with van der Waals surface area (Å²) in [4.78, 5) is 26.5. The first-order valence-electron chi connectivity index (χ1n) is 14.9. The number of hydrogen-bond donors (Lipinski definition) is 2. The second kappa shape index (κ2) is 11.2. The quantitative estimate of drug-likeness (QED) is 0.213. The van der Waals surface area contributed by atoms with Crippen molar-refractivity contribution < 1.29 is 18.3 Å². The second-order valence-electron chi connectivity index (χ2n) is 12.0. The first-order valence-corrected chi connectivity index (χ1v) is 14.9. The summed E-state index contributed by atoms with van der Waals surface area (Å²) in [7, 11) is 7.65. The zero-order valence-electron chi connectivity index (χ0n) is 26.2. The van der Waals surface area contributed by atoms with Crippen LogP contribution in [0.1, 0.15) is 5.89 Å². The normalized spacial score (nSPS) is 18.8. The number of methoxy groups -OCH3 is 1. The van der Waals surface area contributed by atoms with Gasteiger partial charge >= 0.3 is 0 Å². The van der Waals surface area contributed by atoms with Gasteiger partial charge in [-0.05, 0) is 31.0 Å². The van der Waals surface area contributed by atoms with E-state index in [-0.39, 0.29) is 5.95 Å². The Morgan fingerprint density at radius 1 is 1.13 bits per heavy atom. The van der Waals surface area contributed by atoms with Crippen LogP contribution in [0.4, 0.5) is 27.4 Å². The van der Waals surface area contributed by atoms with Gasteiger partial charge in [0.05, 0.1) is 35.4 Å². The van der Waals surface area contributed by atoms with Crippen molar-refractivity contribution in [1.29, 1.82) is 0 Å². The van der Waals surface area contributed by atoms with Crippen LogP contribution < -0.4 is 20.3 Å². The highest BCUT2D eigenvalue weighted by Crippen LogP contribution is 2.51. The third kappa shape index (κ3) is 5.11. The zero-order chi connectivity index (χ0) is 32.3. The number of nitrogens with zero attached hydrogens (tertiary/aromatic N) is 7. The Kier molecular flexibility index (Phi) is 7.19. The number of piperidine rings is 1. The number of benzene rings is 2. The molecule has 2 aromatic carbocycles. The van der Waals surface area contributed by atoms with Gasteiger partial charge in [0.2, 0.25) is 11.8 Å². The number of carbonyl (C=O) groups excluding carboxylic acids is 1. The largest absolute Gasteiger partial charge is 0.494 e. The molecule has 236 valence electrons. The molecular formula is C33H34FN9O3. The molecule has 3 aromatic heterocycles. The Morgan fingerprint density at radius 3 is 2.59 bits per heavy atom. The zero-order valence-corrected chi connectivity index (χ0v) is 26.2. The van der Waals surface area contributed by atoms with E-state index >= 15 is 0 Å². The first kappa shape index (κ1) is 29.4. The molecule has 0 spiro atoms. The van der Waals surface area contributed by atoms with E-state index in [2.05, 4.69) is 49.2 Å². The molecular weight excluding hydrogens is 589 g/mol. The van der Waals surface area contributed by atoms with Crippen LogP contribution in [0, 0.1) is 18.8 Å². The summed E-state index contributed by atoms with van der Waals surface area (Å²) in [6, 6.07) is 11.9. The average molecular weight is 624 g/mol. The number of hydrogen-bond acceptors (Lipinski definition) is 10. The number of fused-ring (bicyclic) bond motifs is 2. The lowest BCUT2D eigenvalue weighted by atomic mass is 10.1. The Hall–Kier alpha value is -5.30. The fraction of sp³-hybridized carbons (Fsp3) is 0.303. The molecule has 0 bridgehead atoms. The molecule has 2 N–H and O–H groups in total. The number of aryl methyl sites for hydroxylation is 2. The van der Waals surface area contributed by atoms with Gasteiger partial charge in [0.25, 0.3) is 11.8 Å². The molecule has 1 saturated carbocycles. The molecule has 1 saturated heterocycles. The minimum absolute atomic E-state index is 0.259. The summed E-state index contributed by atoms with van der Waals surface area (Å²) >= 11 is 0. The van der Waals surface area contributed by atoms with Crippen LogP contribution in [0.5, 0.6) is 5.75 Å². The summed E-state index contributed by atoms with van der Waals surface area (Å²) in [6.45, 7) is 6.91. The van der Waals surface area contributed by atoms with E-state index in [0.717, 1.165) is 29.6 Å². The molecule has 2 fully saturated rings. The molecule has 13 heteroatoms. The number of rotatable bonds is 9. The molecule has 12 nitrogen and oxygen atoms in total. The van der Waals surface area contributed by atoms with Crippen molar-refractivity contribution in [3.05, 3.63) is 67.1 Å². The van der Waals surface area contributed by atoms with Crippen molar-refractivity contribution in [1.82, 2.24) is 29.6 Å². The number of para-hydroxylation sites is 1. The highest BCUT2D eigenvalue weighted by Gasteiger charge is 2.57. The third-order valence-electron chi connectivity index (χ3n) is 8.91. The molecule has 4 heterocycles. The third-order valence-corrected chi connectivity index (χ3v) is 8.91. The van der Waals surface area contributed by atoms with E-state index in [9.17, 15) is 9.18 Å². The van der Waals surface area contributed by atoms with E-state index in [1.807, 2.05) is 55.2 Å². The van der Waals surface area contributed by atoms with Crippen molar-refractivity contribution in [2.24, 2.45) is 18.9 Å². The number of halogens is 1. The van der Waals surface area contributed by atoms with Crippen molar-refractivity contribution in [3.63, 3.8) is 0 Å². The topological polar surface area (TPSA) is 126 Å². The number of carbonyl (C=O) groups is 1. The van der Waals surface area contributed by atoms with Crippen molar-refractivity contribution in [3.8, 4) is 28.5 Å². The molecule has 1 unspecified atom stereocenters. The van der Waals surface area contributed by atoms with Gasteiger partial charge in [-0.1, -0.05) is 24.8 Å². The molecule has 2 aliphatic rings. The van der Waals surface area contributed by atoms with Gasteiger partial charge < -0.3 is 34.2 Å². The minimum atomic E-state index is -1.08. The van der Waals surface area contributed by atoms with Gasteiger partial charge in [0.15, 0.2) is 5.83 Å². The Morgan fingerprint density at radius 2 is 1.89 bits per heavy atom. The average Bonchev–Trinajstić information content (AvgIpc) is 3.34. The number of amides is 1. The van der Waals surface area contributed by atoms with Crippen LogP contribution in [0.15, 0.2) is 65.6 Å². The molecule has 0 radical (unpaired) electrons. The van der Waals surface area contributed by atoms with E-state index in [4.69, 9.17) is 14.1 Å². The molecule has 1 aliphatic heterocycles. The number of ether oxygens (including phenoxy) is 1. The fourth-order valence-corrected chi connectivity index (χ4v) is 6.72. The molecule has 46 heavy (non-hydrogen) atoms. The Balaban J connectivity index is 1.30. The summed E-state index contributed by atoms with van der Waals surface area (Å²) < 4.78 is 27.5. The highest BCUT2D eigenvalue weighted by molar-refractivity contribution is 6.04. The van der Waals surface area contributed by atoms with E-state index < -0.39 is 11.7 Å². The van der Waals surface area contributed by atoms with Gasteiger partial charge in [0, 0.05) is 75.1 Å². The lowest BCUT2D eigenvalue weighted by Crippen LogP contribution is -2.31. The van der Waals surface area contributed by atoms with Crippen LogP contribution in [-0.2, 0) is 11.8 Å². The van der Waals surface area contributed by atoms with Crippen LogP contribution in [-0.4, -0.2) is 75.9 Å². The summed E-state index contributed by atoms with van der Waals surface area (Å²) in [5, 5.41) is 15.2. The smallest absolute Gasteiger partial charge is 0.283 e. The van der Waals surface area contributed by atoms with E-state index in [1.54, 1.807) is 26.3 Å². The van der Waals surface area contributed by atoms with Crippen LogP contribution >= 0.6 is 0 Å². The highest BCUT2D eigenvalue weighted by atomic mass is 19.1. The maximum Gasteiger partial charge on any atom is 0.283 e. The van der Waals surface area contributed by atoms with Crippen molar-refractivity contribution in [2.45, 2.75) is 13.0 Å². The number of nitrogens with one attached hydrogen (secondary N) is 2. The standard InChI is InChI=1S/C33H34FN9O3/c1-17(34)31(44)36-24-11-25(28(45-6)12-27(24)43(5)30-22-14-41(3)15-23(22)30)37-33-35-13-20(32-40-39-18(2)46-32)29(38-33)21-16-42(4)26-10-8-7-9-19(21)26/h7-13,16,22-23,30H,1,14-15H2,2-6H3,(H,36,44)(H,35,37,38)/t22-,23+,30?. The summed E-state index contributed by atoms with van der Waals surface area (Å²) in [6.07, 6.45) is 3.63. The number of anilines is 4. The fourth-order valence-electron chi connectivity index (χ4n) is 6.72. The van der Waals surface area contributed by atoms with Gasteiger partial charge in [0.1, 0.15) is 5.75 Å². The summed E-state index contributed by atoms with van der Waals surface area (Å²) in [5.41, 5.74) is 4.62.